The van der Waals surface area contributed by atoms with Crippen LogP contribution in [-0.2, 0) is 9.59 Å². The number of hydrogen-bond donors (Lipinski definition) is 1. The lowest BCUT2D eigenvalue weighted by atomic mass is 10.1. The molecule has 1 amide bonds. The molecule has 0 bridgehead atoms. The maximum Gasteiger partial charge on any atom is 0.291 e. The Morgan fingerprint density at radius 3 is 2.00 bits per heavy atom. The minimum Gasteiger partial charge on any atom is -0.319 e. The smallest absolute Gasteiger partial charge is 0.291 e. The van der Waals surface area contributed by atoms with Crippen LogP contribution in [0.15, 0.2) is 18.2 Å². The molecule has 0 aromatic heterocycles. The third kappa shape index (κ3) is 2.69. The molecule has 0 atom stereocenters. The first-order valence-electron chi connectivity index (χ1n) is 4.39. The molecule has 0 radical (unpaired) electrons. The zero-order valence-electron chi connectivity index (χ0n) is 8.55. The summed E-state index contributed by atoms with van der Waals surface area (Å²) in [4.78, 5) is 21.8. The van der Waals surface area contributed by atoms with Gasteiger partial charge in [0, 0.05) is 12.6 Å². The molecule has 0 aliphatic heterocycles. The minimum atomic E-state index is -0.574. The van der Waals surface area contributed by atoms with Gasteiger partial charge in [0.15, 0.2) is 0 Å². The fourth-order valence-electron chi connectivity index (χ4n) is 1.27. The van der Waals surface area contributed by atoms with Gasteiger partial charge in [-0.2, -0.15) is 0 Å². The highest BCUT2D eigenvalue weighted by molar-refractivity contribution is 6.39. The van der Waals surface area contributed by atoms with Gasteiger partial charge >= 0.3 is 0 Å². The number of rotatable bonds is 2. The lowest BCUT2D eigenvalue weighted by molar-refractivity contribution is -0.133. The van der Waals surface area contributed by atoms with Gasteiger partial charge in [0.1, 0.15) is 0 Å². The highest BCUT2D eigenvalue weighted by atomic mass is 16.2. The Bertz CT molecular complexity index is 363. The van der Waals surface area contributed by atoms with Gasteiger partial charge in [-0.3, -0.25) is 9.59 Å². The molecule has 1 aromatic rings. The van der Waals surface area contributed by atoms with Gasteiger partial charge in [0.2, 0.25) is 5.78 Å². The Hall–Kier alpha value is -1.64. The van der Waals surface area contributed by atoms with Crippen molar-refractivity contribution in [3.63, 3.8) is 0 Å². The van der Waals surface area contributed by atoms with Crippen molar-refractivity contribution in [2.45, 2.75) is 20.8 Å². The van der Waals surface area contributed by atoms with E-state index in [1.807, 2.05) is 32.0 Å². The number of hydrogen-bond acceptors (Lipinski definition) is 2. The Morgan fingerprint density at radius 1 is 1.07 bits per heavy atom. The molecule has 3 nitrogen and oxygen atoms in total. The van der Waals surface area contributed by atoms with Crippen molar-refractivity contribution in [1.82, 2.24) is 0 Å². The quantitative estimate of drug-likeness (QED) is 0.725. The predicted molar refractivity (Wildman–Crippen MR) is 55.2 cm³/mol. The number of carbonyl (C=O) groups excluding carboxylic acids is 2. The molecule has 74 valence electrons. The molecule has 1 aromatic carbocycles. The summed E-state index contributed by atoms with van der Waals surface area (Å²) in [7, 11) is 0. The molecule has 0 heterocycles. The highest BCUT2D eigenvalue weighted by Gasteiger charge is 2.07. The third-order valence-corrected chi connectivity index (χ3v) is 1.80. The van der Waals surface area contributed by atoms with Gasteiger partial charge in [-0.1, -0.05) is 6.07 Å². The Labute approximate surface area is 83.1 Å². The number of amides is 1. The van der Waals surface area contributed by atoms with E-state index in [1.165, 1.54) is 6.92 Å². The molecule has 0 fully saturated rings. The standard InChI is InChI=1S/C11H13NO2/c1-7-4-8(2)6-10(5-7)12-11(14)9(3)13/h4-6H,1-3H3,(H,12,14). The third-order valence-electron chi connectivity index (χ3n) is 1.80. The number of nitrogens with one attached hydrogen (secondary N) is 1. The number of carbonyl (C=O) groups is 2. The van der Waals surface area contributed by atoms with Gasteiger partial charge in [0.25, 0.3) is 5.91 Å². The van der Waals surface area contributed by atoms with Gasteiger partial charge in [-0.25, -0.2) is 0 Å². The van der Waals surface area contributed by atoms with E-state index in [4.69, 9.17) is 0 Å². The number of anilines is 1. The van der Waals surface area contributed by atoms with Crippen LogP contribution in [0.2, 0.25) is 0 Å². The summed E-state index contributed by atoms with van der Waals surface area (Å²) in [5.74, 6) is -1.06. The van der Waals surface area contributed by atoms with Gasteiger partial charge in [-0.05, 0) is 37.1 Å². The van der Waals surface area contributed by atoms with Crippen molar-refractivity contribution in [2.75, 3.05) is 5.32 Å². The van der Waals surface area contributed by atoms with E-state index >= 15 is 0 Å². The lowest BCUT2D eigenvalue weighted by Crippen LogP contribution is -2.19. The first-order chi connectivity index (χ1) is 6.49. The van der Waals surface area contributed by atoms with E-state index < -0.39 is 11.7 Å². The Kier molecular flexibility index (Phi) is 3.02. The lowest BCUT2D eigenvalue weighted by Gasteiger charge is -2.05. The fourth-order valence-corrected chi connectivity index (χ4v) is 1.27. The zero-order valence-corrected chi connectivity index (χ0v) is 8.55. The summed E-state index contributed by atoms with van der Waals surface area (Å²) in [6.45, 7) is 5.13. The van der Waals surface area contributed by atoms with Gasteiger partial charge in [0.05, 0.1) is 0 Å². The van der Waals surface area contributed by atoms with Crippen molar-refractivity contribution in [1.29, 1.82) is 0 Å². The van der Waals surface area contributed by atoms with Crippen LogP contribution in [-0.4, -0.2) is 11.7 Å². The van der Waals surface area contributed by atoms with E-state index in [0.717, 1.165) is 11.1 Å². The molecule has 0 saturated carbocycles. The van der Waals surface area contributed by atoms with Gasteiger partial charge in [-0.15, -0.1) is 0 Å². The fraction of sp³-hybridized carbons (Fsp3) is 0.273. The van der Waals surface area contributed by atoms with Gasteiger partial charge < -0.3 is 5.32 Å². The van der Waals surface area contributed by atoms with Crippen molar-refractivity contribution in [3.05, 3.63) is 29.3 Å². The van der Waals surface area contributed by atoms with Crippen molar-refractivity contribution >= 4 is 17.4 Å². The van der Waals surface area contributed by atoms with Crippen LogP contribution < -0.4 is 5.32 Å². The molecule has 0 unspecified atom stereocenters. The first-order valence-corrected chi connectivity index (χ1v) is 4.39. The first kappa shape index (κ1) is 10.4. The van der Waals surface area contributed by atoms with Crippen molar-refractivity contribution in [3.8, 4) is 0 Å². The van der Waals surface area contributed by atoms with E-state index in [-0.39, 0.29) is 0 Å². The monoisotopic (exact) mass is 191 g/mol. The molecule has 14 heavy (non-hydrogen) atoms. The molecule has 1 N–H and O–H groups in total. The van der Waals surface area contributed by atoms with Crippen LogP contribution in [0.4, 0.5) is 5.69 Å². The van der Waals surface area contributed by atoms with E-state index in [9.17, 15) is 9.59 Å². The van der Waals surface area contributed by atoms with Crippen molar-refractivity contribution < 1.29 is 9.59 Å². The number of Topliss-reactive ketones (excluding diaryl/α,β-unsaturated/α-hetero) is 1. The van der Waals surface area contributed by atoms with E-state index in [0.29, 0.717) is 5.69 Å². The minimum absolute atomic E-state index is 0.482. The van der Waals surface area contributed by atoms with Crippen LogP contribution in [0, 0.1) is 13.8 Å². The zero-order chi connectivity index (χ0) is 10.7. The predicted octanol–water partition coefficient (Wildman–Crippen LogP) is 1.83. The van der Waals surface area contributed by atoms with Crippen LogP contribution in [0.25, 0.3) is 0 Å². The van der Waals surface area contributed by atoms with Crippen LogP contribution in [0.3, 0.4) is 0 Å². The molecular formula is C11H13NO2. The molecule has 0 spiro atoms. The second-order valence-electron chi connectivity index (χ2n) is 3.39. The normalized spacial score (nSPS) is 9.64. The molecule has 0 aliphatic carbocycles. The maximum atomic E-state index is 11.1. The summed E-state index contributed by atoms with van der Waals surface area (Å²) >= 11 is 0. The highest BCUT2D eigenvalue weighted by Crippen LogP contribution is 2.13. The number of ketones is 1. The molecule has 0 saturated heterocycles. The Balaban J connectivity index is 2.87. The van der Waals surface area contributed by atoms with E-state index in [2.05, 4.69) is 5.32 Å². The summed E-state index contributed by atoms with van der Waals surface area (Å²) < 4.78 is 0. The van der Waals surface area contributed by atoms with Crippen molar-refractivity contribution in [2.24, 2.45) is 0 Å². The molecular weight excluding hydrogens is 178 g/mol. The Morgan fingerprint density at radius 2 is 1.57 bits per heavy atom. The van der Waals surface area contributed by atoms with Crippen LogP contribution in [0.1, 0.15) is 18.1 Å². The summed E-state index contributed by atoms with van der Waals surface area (Å²) in [5, 5.41) is 2.53. The summed E-state index contributed by atoms with van der Waals surface area (Å²) in [6, 6.07) is 5.66. The summed E-state index contributed by atoms with van der Waals surface area (Å²) in [5.41, 5.74) is 2.79. The van der Waals surface area contributed by atoms with E-state index in [1.54, 1.807) is 0 Å². The SMILES string of the molecule is CC(=O)C(=O)Nc1cc(C)cc(C)c1. The maximum absolute atomic E-state index is 11.1. The number of aryl methyl sites for hydroxylation is 2. The molecule has 3 heteroatoms. The number of benzene rings is 1. The average Bonchev–Trinajstić information content (AvgIpc) is 2.01. The molecule has 1 rings (SSSR count). The largest absolute Gasteiger partial charge is 0.319 e. The summed E-state index contributed by atoms with van der Waals surface area (Å²) in [6.07, 6.45) is 0. The van der Waals surface area contributed by atoms with Crippen LogP contribution in [0.5, 0.6) is 0 Å². The molecule has 0 aliphatic rings. The second-order valence-corrected chi connectivity index (χ2v) is 3.39. The average molecular weight is 191 g/mol. The van der Waals surface area contributed by atoms with Crippen LogP contribution >= 0.6 is 0 Å². The second kappa shape index (κ2) is 4.05. The topological polar surface area (TPSA) is 46.2 Å².